The Kier molecular flexibility index (Phi) is 5.66. The number of esters is 1. The first kappa shape index (κ1) is 19.5. The van der Waals surface area contributed by atoms with Crippen LogP contribution in [0.4, 0.5) is 0 Å². The van der Waals surface area contributed by atoms with E-state index >= 15 is 0 Å². The van der Waals surface area contributed by atoms with Crippen molar-refractivity contribution in [2.45, 2.75) is 13.3 Å². The Hall–Kier alpha value is -3.80. The molecule has 2 aromatic carbocycles. The van der Waals surface area contributed by atoms with Gasteiger partial charge in [-0.3, -0.25) is 4.79 Å². The molecule has 0 aliphatic heterocycles. The van der Waals surface area contributed by atoms with Crippen molar-refractivity contribution in [3.05, 3.63) is 88.3 Å². The van der Waals surface area contributed by atoms with Crippen molar-refractivity contribution in [2.24, 2.45) is 0 Å². The highest BCUT2D eigenvalue weighted by Crippen LogP contribution is 2.31. The molecule has 6 nitrogen and oxygen atoms in total. The van der Waals surface area contributed by atoms with Gasteiger partial charge in [-0.25, -0.2) is 4.79 Å². The highest BCUT2D eigenvalue weighted by molar-refractivity contribution is 5.82. The zero-order valence-electron chi connectivity index (χ0n) is 16.4. The molecule has 4 rings (SSSR count). The van der Waals surface area contributed by atoms with Crippen LogP contribution >= 0.6 is 0 Å². The number of benzene rings is 2. The molecular formula is C24H20O6. The number of hydrogen-bond acceptors (Lipinski definition) is 6. The number of carbonyl (C=O) groups excluding carboxylic acids is 1. The van der Waals surface area contributed by atoms with Crippen LogP contribution < -0.4 is 10.2 Å². The summed E-state index contributed by atoms with van der Waals surface area (Å²) >= 11 is 0. The number of ether oxygens (including phenoxy) is 2. The van der Waals surface area contributed by atoms with Crippen LogP contribution in [0.2, 0.25) is 0 Å². The van der Waals surface area contributed by atoms with E-state index < -0.39 is 12.6 Å². The molecule has 30 heavy (non-hydrogen) atoms. The lowest BCUT2D eigenvalue weighted by molar-refractivity contribution is -0.145. The largest absolute Gasteiger partial charge is 0.474 e. The van der Waals surface area contributed by atoms with Crippen LogP contribution in [-0.2, 0) is 16.0 Å². The lowest BCUT2D eigenvalue weighted by Crippen LogP contribution is -2.19. The summed E-state index contributed by atoms with van der Waals surface area (Å²) in [6, 6.07) is 18.3. The number of fused-ring (bicyclic) bond motifs is 1. The molecule has 0 spiro atoms. The normalized spacial score (nSPS) is 10.8. The maximum atomic E-state index is 13.0. The number of furan rings is 1. The molecule has 0 aliphatic rings. The SMILES string of the molecule is Cc1ccc2oc(-c3ccco3)c(OCC(=O)OCCc3ccccc3)c(=O)c2c1. The van der Waals surface area contributed by atoms with E-state index in [1.165, 1.54) is 6.26 Å². The van der Waals surface area contributed by atoms with Crippen molar-refractivity contribution >= 4 is 16.9 Å². The van der Waals surface area contributed by atoms with Gasteiger partial charge in [0.1, 0.15) is 5.58 Å². The molecule has 0 aliphatic carbocycles. The van der Waals surface area contributed by atoms with E-state index in [2.05, 4.69) is 0 Å². The Morgan fingerprint density at radius 3 is 2.63 bits per heavy atom. The summed E-state index contributed by atoms with van der Waals surface area (Å²) in [5.41, 5.74) is 2.02. The van der Waals surface area contributed by atoms with Crippen molar-refractivity contribution < 1.29 is 23.1 Å². The van der Waals surface area contributed by atoms with E-state index in [0.29, 0.717) is 23.2 Å². The van der Waals surface area contributed by atoms with Gasteiger partial charge in [0.05, 0.1) is 18.3 Å². The van der Waals surface area contributed by atoms with Gasteiger partial charge in [0.2, 0.25) is 16.9 Å². The Balaban J connectivity index is 1.52. The average Bonchev–Trinajstić information content (AvgIpc) is 3.29. The highest BCUT2D eigenvalue weighted by atomic mass is 16.6. The van der Waals surface area contributed by atoms with Gasteiger partial charge in [-0.1, -0.05) is 42.0 Å². The van der Waals surface area contributed by atoms with Crippen LogP contribution in [-0.4, -0.2) is 19.2 Å². The lowest BCUT2D eigenvalue weighted by Gasteiger charge is -2.10. The summed E-state index contributed by atoms with van der Waals surface area (Å²) in [5.74, 6) is -0.177. The van der Waals surface area contributed by atoms with Gasteiger partial charge in [-0.2, -0.15) is 0 Å². The third-order valence-electron chi connectivity index (χ3n) is 4.58. The van der Waals surface area contributed by atoms with E-state index in [-0.39, 0.29) is 23.5 Å². The van der Waals surface area contributed by atoms with Gasteiger partial charge in [0, 0.05) is 6.42 Å². The van der Waals surface area contributed by atoms with Gasteiger partial charge < -0.3 is 18.3 Å². The van der Waals surface area contributed by atoms with Gasteiger partial charge in [0.15, 0.2) is 12.4 Å². The van der Waals surface area contributed by atoms with Crippen molar-refractivity contribution in [3.63, 3.8) is 0 Å². The van der Waals surface area contributed by atoms with E-state index in [4.69, 9.17) is 18.3 Å². The zero-order valence-corrected chi connectivity index (χ0v) is 16.4. The molecule has 0 radical (unpaired) electrons. The fraction of sp³-hybridized carbons (Fsp3) is 0.167. The topological polar surface area (TPSA) is 78.9 Å². The monoisotopic (exact) mass is 404 g/mol. The van der Waals surface area contributed by atoms with E-state index in [1.807, 2.05) is 43.3 Å². The van der Waals surface area contributed by atoms with Crippen LogP contribution in [0.5, 0.6) is 5.75 Å². The first-order chi connectivity index (χ1) is 14.6. The third-order valence-corrected chi connectivity index (χ3v) is 4.58. The number of carbonyl (C=O) groups is 1. The fourth-order valence-electron chi connectivity index (χ4n) is 3.09. The molecule has 2 aromatic heterocycles. The minimum Gasteiger partial charge on any atom is -0.474 e. The minimum absolute atomic E-state index is 0.0805. The quantitative estimate of drug-likeness (QED) is 0.421. The van der Waals surface area contributed by atoms with Crippen LogP contribution in [0.15, 0.2) is 80.6 Å². The van der Waals surface area contributed by atoms with Gasteiger partial charge in [0.25, 0.3) is 0 Å². The summed E-state index contributed by atoms with van der Waals surface area (Å²) in [6.45, 7) is 1.69. The standard InChI is InChI=1S/C24H20O6/c1-16-9-10-19-18(14-16)22(26)24(23(30-19)20-8-5-12-27-20)29-15-21(25)28-13-11-17-6-3-2-4-7-17/h2-10,12,14H,11,13,15H2,1H3. The van der Waals surface area contributed by atoms with Gasteiger partial charge in [-0.05, 0) is 36.8 Å². The molecule has 0 saturated heterocycles. The van der Waals surface area contributed by atoms with Crippen molar-refractivity contribution in [1.82, 2.24) is 0 Å². The summed E-state index contributed by atoms with van der Waals surface area (Å²) in [5, 5.41) is 0.373. The Bertz CT molecular complexity index is 1210. The van der Waals surface area contributed by atoms with Crippen LogP contribution in [0.25, 0.3) is 22.5 Å². The van der Waals surface area contributed by atoms with E-state index in [9.17, 15) is 9.59 Å². The molecule has 2 heterocycles. The molecule has 0 bridgehead atoms. The van der Waals surface area contributed by atoms with Gasteiger partial charge >= 0.3 is 5.97 Å². The van der Waals surface area contributed by atoms with Gasteiger partial charge in [-0.15, -0.1) is 0 Å². The highest BCUT2D eigenvalue weighted by Gasteiger charge is 2.21. The third kappa shape index (κ3) is 4.27. The van der Waals surface area contributed by atoms with Crippen LogP contribution in [0, 0.1) is 6.92 Å². The summed E-state index contributed by atoms with van der Waals surface area (Å²) in [4.78, 5) is 25.2. The molecule has 0 N–H and O–H groups in total. The number of aryl methyl sites for hydroxylation is 1. The Morgan fingerprint density at radius 1 is 1.03 bits per heavy atom. The Labute approximate surface area is 172 Å². The molecule has 0 amide bonds. The first-order valence-electron chi connectivity index (χ1n) is 9.55. The predicted octanol–water partition coefficient (Wildman–Crippen LogP) is 4.53. The number of rotatable bonds is 7. The molecule has 0 atom stereocenters. The van der Waals surface area contributed by atoms with Crippen LogP contribution in [0.3, 0.4) is 0 Å². The first-order valence-corrected chi connectivity index (χ1v) is 9.55. The average molecular weight is 404 g/mol. The fourth-order valence-corrected chi connectivity index (χ4v) is 3.09. The zero-order chi connectivity index (χ0) is 20.9. The van der Waals surface area contributed by atoms with Crippen molar-refractivity contribution in [2.75, 3.05) is 13.2 Å². The summed E-state index contributed by atoms with van der Waals surface area (Å²) < 4.78 is 22.0. The molecule has 0 fully saturated rings. The molecular weight excluding hydrogens is 384 g/mol. The van der Waals surface area contributed by atoms with E-state index in [1.54, 1.807) is 24.3 Å². The predicted molar refractivity (Wildman–Crippen MR) is 112 cm³/mol. The second kappa shape index (κ2) is 8.69. The smallest absolute Gasteiger partial charge is 0.344 e. The number of hydrogen-bond donors (Lipinski definition) is 0. The maximum absolute atomic E-state index is 13.0. The molecule has 152 valence electrons. The molecule has 4 aromatic rings. The summed E-state index contributed by atoms with van der Waals surface area (Å²) in [7, 11) is 0. The molecule has 6 heteroatoms. The summed E-state index contributed by atoms with van der Waals surface area (Å²) in [6.07, 6.45) is 2.07. The molecule has 0 saturated carbocycles. The second-order valence-electron chi connectivity index (χ2n) is 6.81. The Morgan fingerprint density at radius 2 is 1.87 bits per heavy atom. The lowest BCUT2D eigenvalue weighted by atomic mass is 10.1. The van der Waals surface area contributed by atoms with Crippen molar-refractivity contribution in [3.8, 4) is 17.3 Å². The molecule has 0 unspecified atom stereocenters. The van der Waals surface area contributed by atoms with Crippen LogP contribution in [0.1, 0.15) is 11.1 Å². The second-order valence-corrected chi connectivity index (χ2v) is 6.81. The van der Waals surface area contributed by atoms with E-state index in [0.717, 1.165) is 11.1 Å². The maximum Gasteiger partial charge on any atom is 0.344 e. The van der Waals surface area contributed by atoms with Crippen molar-refractivity contribution in [1.29, 1.82) is 0 Å². The minimum atomic E-state index is -0.569.